The van der Waals surface area contributed by atoms with Crippen LogP contribution in [0.1, 0.15) is 12.7 Å². The highest BCUT2D eigenvalue weighted by molar-refractivity contribution is 5.92. The first-order valence-electron chi connectivity index (χ1n) is 3.86. The minimum Gasteiger partial charge on any atom is -0.320 e. The number of H-pyrrole nitrogens is 1. The van der Waals surface area contributed by atoms with Crippen molar-refractivity contribution < 1.29 is 18.0 Å². The van der Waals surface area contributed by atoms with Crippen molar-refractivity contribution in [3.63, 3.8) is 0 Å². The minimum atomic E-state index is -4.62. The van der Waals surface area contributed by atoms with Crippen LogP contribution in [0.3, 0.4) is 0 Å². The van der Waals surface area contributed by atoms with E-state index in [4.69, 9.17) is 5.73 Å². The predicted molar refractivity (Wildman–Crippen MR) is 50.9 cm³/mol. The fourth-order valence-corrected chi connectivity index (χ4v) is 0.669. The van der Waals surface area contributed by atoms with Crippen LogP contribution in [0.2, 0.25) is 0 Å². The maximum absolute atomic E-state index is 12.0. The number of aromatic nitrogens is 3. The average Bonchev–Trinajstić information content (AvgIpc) is 2.51. The highest BCUT2D eigenvalue weighted by Crippen LogP contribution is 2.26. The molecule has 0 spiro atoms. The number of carbonyl (C=O) groups excluding carboxylic acids is 1. The maximum atomic E-state index is 12.0. The van der Waals surface area contributed by atoms with E-state index in [0.29, 0.717) is 0 Å². The molecule has 16 heavy (non-hydrogen) atoms. The first-order valence-corrected chi connectivity index (χ1v) is 3.86. The zero-order valence-electron chi connectivity index (χ0n) is 8.00. The number of amides is 1. The number of halogens is 4. The SMILES string of the molecule is C[C@H](N)C(=O)Nc1n[nH]c(C(F)(F)F)n1.Cl. The van der Waals surface area contributed by atoms with Gasteiger partial charge in [-0.2, -0.15) is 18.2 Å². The van der Waals surface area contributed by atoms with Crippen LogP contribution in [0, 0.1) is 0 Å². The average molecular weight is 260 g/mol. The van der Waals surface area contributed by atoms with E-state index >= 15 is 0 Å². The van der Waals surface area contributed by atoms with Gasteiger partial charge in [0.05, 0.1) is 6.04 Å². The fourth-order valence-electron chi connectivity index (χ4n) is 0.669. The summed E-state index contributed by atoms with van der Waals surface area (Å²) in [6.07, 6.45) is -4.62. The van der Waals surface area contributed by atoms with Crippen LogP contribution in [-0.2, 0) is 11.0 Å². The van der Waals surface area contributed by atoms with E-state index in [9.17, 15) is 18.0 Å². The zero-order chi connectivity index (χ0) is 11.6. The van der Waals surface area contributed by atoms with E-state index in [-0.39, 0.29) is 12.4 Å². The van der Waals surface area contributed by atoms with Crippen molar-refractivity contribution in [2.75, 3.05) is 5.32 Å². The van der Waals surface area contributed by atoms with Crippen molar-refractivity contribution >= 4 is 24.3 Å². The van der Waals surface area contributed by atoms with Crippen LogP contribution >= 0.6 is 12.4 Å². The predicted octanol–water partition coefficient (Wildman–Crippen LogP) is 0.531. The summed E-state index contributed by atoms with van der Waals surface area (Å²) < 4.78 is 36.1. The second-order valence-electron chi connectivity index (χ2n) is 2.78. The number of hydrogen-bond donors (Lipinski definition) is 3. The molecule has 92 valence electrons. The Balaban J connectivity index is 0.00000225. The van der Waals surface area contributed by atoms with Crippen LogP contribution in [0.25, 0.3) is 0 Å². The number of aromatic amines is 1. The number of nitrogens with one attached hydrogen (secondary N) is 2. The molecule has 4 N–H and O–H groups in total. The van der Waals surface area contributed by atoms with Gasteiger partial charge in [-0.3, -0.25) is 15.2 Å². The molecule has 0 radical (unpaired) electrons. The van der Waals surface area contributed by atoms with Gasteiger partial charge in [0, 0.05) is 0 Å². The Morgan fingerprint density at radius 2 is 2.12 bits per heavy atom. The topological polar surface area (TPSA) is 96.7 Å². The lowest BCUT2D eigenvalue weighted by molar-refractivity contribution is -0.144. The van der Waals surface area contributed by atoms with Crippen LogP contribution in [-0.4, -0.2) is 27.1 Å². The summed E-state index contributed by atoms with van der Waals surface area (Å²) in [5.41, 5.74) is 5.18. The fraction of sp³-hybridized carbons (Fsp3) is 0.500. The number of hydrogen-bond acceptors (Lipinski definition) is 4. The Bertz CT molecular complexity index is 363. The van der Waals surface area contributed by atoms with Crippen molar-refractivity contribution in [2.45, 2.75) is 19.1 Å². The zero-order valence-corrected chi connectivity index (χ0v) is 8.82. The summed E-state index contributed by atoms with van der Waals surface area (Å²) in [5, 5.41) is 6.83. The van der Waals surface area contributed by atoms with Crippen molar-refractivity contribution in [1.29, 1.82) is 0 Å². The van der Waals surface area contributed by atoms with Gasteiger partial charge in [-0.15, -0.1) is 17.5 Å². The molecule has 0 aliphatic heterocycles. The van der Waals surface area contributed by atoms with Crippen molar-refractivity contribution in [1.82, 2.24) is 15.2 Å². The van der Waals surface area contributed by atoms with Crippen LogP contribution in [0.15, 0.2) is 0 Å². The van der Waals surface area contributed by atoms with E-state index in [1.54, 1.807) is 5.10 Å². The van der Waals surface area contributed by atoms with Gasteiger partial charge in [-0.1, -0.05) is 0 Å². The van der Waals surface area contributed by atoms with Gasteiger partial charge in [0.25, 0.3) is 0 Å². The maximum Gasteiger partial charge on any atom is 0.451 e. The molecule has 6 nitrogen and oxygen atoms in total. The monoisotopic (exact) mass is 259 g/mol. The molecule has 0 aromatic carbocycles. The number of nitrogens with two attached hydrogens (primary N) is 1. The summed E-state index contributed by atoms with van der Waals surface area (Å²) in [4.78, 5) is 14.0. The normalized spacial score (nSPS) is 12.8. The van der Waals surface area contributed by atoms with Gasteiger partial charge in [-0.25, -0.2) is 0 Å². The van der Waals surface area contributed by atoms with E-state index in [1.807, 2.05) is 5.32 Å². The molecular weight excluding hydrogens is 251 g/mol. The Hall–Kier alpha value is -1.35. The van der Waals surface area contributed by atoms with Crippen LogP contribution in [0.5, 0.6) is 0 Å². The van der Waals surface area contributed by atoms with Gasteiger partial charge < -0.3 is 5.73 Å². The van der Waals surface area contributed by atoms with Gasteiger partial charge in [-0.05, 0) is 6.92 Å². The highest BCUT2D eigenvalue weighted by Gasteiger charge is 2.35. The molecule has 0 saturated carbocycles. The molecule has 1 amide bonds. The molecule has 0 saturated heterocycles. The second-order valence-corrected chi connectivity index (χ2v) is 2.78. The van der Waals surface area contributed by atoms with Crippen molar-refractivity contribution in [2.24, 2.45) is 5.73 Å². The third-order valence-electron chi connectivity index (χ3n) is 1.40. The van der Waals surface area contributed by atoms with E-state index < -0.39 is 29.9 Å². The number of nitrogens with zero attached hydrogens (tertiary/aromatic N) is 2. The Labute approximate surface area is 94.2 Å². The molecule has 10 heteroatoms. The molecule has 1 atom stereocenters. The van der Waals surface area contributed by atoms with Crippen molar-refractivity contribution in [3.05, 3.63) is 5.82 Å². The largest absolute Gasteiger partial charge is 0.451 e. The van der Waals surface area contributed by atoms with Gasteiger partial charge >= 0.3 is 6.18 Å². The molecule has 0 bridgehead atoms. The molecule has 0 fully saturated rings. The standard InChI is InChI=1S/C6H8F3N5O.ClH/c1-2(10)3(15)11-5-12-4(13-14-5)6(7,8)9;/h2H,10H2,1H3,(H2,11,12,13,14,15);1H/t2-;/m0./s1. The molecule has 1 rings (SSSR count). The van der Waals surface area contributed by atoms with E-state index in [2.05, 4.69) is 10.1 Å². The lowest BCUT2D eigenvalue weighted by Gasteiger charge is -2.02. The van der Waals surface area contributed by atoms with Crippen molar-refractivity contribution in [3.8, 4) is 0 Å². The highest BCUT2D eigenvalue weighted by atomic mass is 35.5. The van der Waals surface area contributed by atoms with Gasteiger partial charge in [0.2, 0.25) is 17.7 Å². The van der Waals surface area contributed by atoms with Crippen LogP contribution < -0.4 is 11.1 Å². The molecule has 1 aromatic heterocycles. The Kier molecular flexibility index (Phi) is 4.69. The third kappa shape index (κ3) is 3.66. The number of carbonyl (C=O) groups is 1. The molecule has 1 heterocycles. The summed E-state index contributed by atoms with van der Waals surface area (Å²) in [7, 11) is 0. The summed E-state index contributed by atoms with van der Waals surface area (Å²) in [6.45, 7) is 1.38. The first kappa shape index (κ1) is 14.6. The smallest absolute Gasteiger partial charge is 0.320 e. The number of anilines is 1. The van der Waals surface area contributed by atoms with E-state index in [1.165, 1.54) is 6.92 Å². The lowest BCUT2D eigenvalue weighted by Crippen LogP contribution is -2.32. The third-order valence-corrected chi connectivity index (χ3v) is 1.40. The molecule has 0 aliphatic rings. The van der Waals surface area contributed by atoms with Gasteiger partial charge in [0.15, 0.2) is 0 Å². The van der Waals surface area contributed by atoms with Crippen LogP contribution in [0.4, 0.5) is 19.1 Å². The Morgan fingerprint density at radius 1 is 1.56 bits per heavy atom. The molecular formula is C6H9ClF3N5O. The quantitative estimate of drug-likeness (QED) is 0.722. The molecule has 1 aromatic rings. The summed E-state index contributed by atoms with van der Waals surface area (Å²) in [6, 6.07) is -0.849. The number of alkyl halides is 3. The first-order chi connectivity index (χ1) is 6.80. The second kappa shape index (κ2) is 5.12. The number of rotatable bonds is 2. The van der Waals surface area contributed by atoms with E-state index in [0.717, 1.165) is 0 Å². The Morgan fingerprint density at radius 3 is 2.50 bits per heavy atom. The lowest BCUT2D eigenvalue weighted by atomic mass is 10.3. The van der Waals surface area contributed by atoms with Gasteiger partial charge in [0.1, 0.15) is 0 Å². The minimum absolute atomic E-state index is 0. The molecule has 0 aliphatic carbocycles. The summed E-state index contributed by atoms with van der Waals surface area (Å²) in [5.74, 6) is -2.39. The summed E-state index contributed by atoms with van der Waals surface area (Å²) >= 11 is 0. The molecule has 0 unspecified atom stereocenters.